The molecule has 17 heavy (non-hydrogen) atoms. The number of halogens is 1. The summed E-state index contributed by atoms with van der Waals surface area (Å²) in [5.74, 6) is -0.256. The molecule has 0 spiro atoms. The van der Waals surface area contributed by atoms with Gasteiger partial charge in [0.25, 0.3) is 0 Å². The van der Waals surface area contributed by atoms with Crippen LogP contribution in [-0.2, 0) is 11.2 Å². The summed E-state index contributed by atoms with van der Waals surface area (Å²) in [7, 11) is 0. The van der Waals surface area contributed by atoms with Crippen LogP contribution in [0.15, 0.2) is 24.3 Å². The fourth-order valence-corrected chi connectivity index (χ4v) is 1.94. The number of hydrogen-bond donors (Lipinski definition) is 0. The van der Waals surface area contributed by atoms with E-state index in [-0.39, 0.29) is 11.9 Å². The third-order valence-corrected chi connectivity index (χ3v) is 2.87. The molecule has 1 aliphatic rings. The first kappa shape index (κ1) is 11.9. The average molecular weight is 237 g/mol. The number of likely N-dealkylation sites (tertiary alicyclic amines) is 1. The molecule has 1 aromatic carbocycles. The Morgan fingerprint density at radius 1 is 1.35 bits per heavy atom. The average Bonchev–Trinajstić information content (AvgIpc) is 2.82. The fraction of sp³-hybridized carbons (Fsp3) is 0.462. The largest absolute Gasteiger partial charge is 0.449 e. The van der Waals surface area contributed by atoms with Gasteiger partial charge in [0.15, 0.2) is 0 Å². The molecule has 0 unspecified atom stereocenters. The third kappa shape index (κ3) is 3.44. The van der Waals surface area contributed by atoms with Crippen LogP contribution in [0.25, 0.3) is 0 Å². The molecule has 1 fully saturated rings. The second-order valence-electron chi connectivity index (χ2n) is 4.19. The number of benzene rings is 1. The lowest BCUT2D eigenvalue weighted by atomic mass is 10.2. The van der Waals surface area contributed by atoms with Crippen LogP contribution in [0.2, 0.25) is 0 Å². The monoisotopic (exact) mass is 237 g/mol. The van der Waals surface area contributed by atoms with Crippen LogP contribution in [0, 0.1) is 5.82 Å². The van der Waals surface area contributed by atoms with Gasteiger partial charge in [0.1, 0.15) is 5.82 Å². The second kappa shape index (κ2) is 5.66. The summed E-state index contributed by atoms with van der Waals surface area (Å²) >= 11 is 0. The third-order valence-electron chi connectivity index (χ3n) is 2.87. The molecule has 4 heteroatoms. The maximum atomic E-state index is 12.9. The van der Waals surface area contributed by atoms with Gasteiger partial charge in [-0.15, -0.1) is 0 Å². The van der Waals surface area contributed by atoms with Crippen LogP contribution in [0.4, 0.5) is 9.18 Å². The first-order valence-corrected chi connectivity index (χ1v) is 5.92. The van der Waals surface area contributed by atoms with Crippen molar-refractivity contribution in [3.8, 4) is 0 Å². The van der Waals surface area contributed by atoms with Crippen molar-refractivity contribution < 1.29 is 13.9 Å². The zero-order valence-electron chi connectivity index (χ0n) is 9.69. The van der Waals surface area contributed by atoms with Gasteiger partial charge in [0.05, 0.1) is 6.61 Å². The lowest BCUT2D eigenvalue weighted by Crippen LogP contribution is -2.28. The normalized spacial score (nSPS) is 15.0. The maximum absolute atomic E-state index is 12.9. The molecule has 0 aromatic heterocycles. The Balaban J connectivity index is 1.73. The maximum Gasteiger partial charge on any atom is 0.409 e. The minimum Gasteiger partial charge on any atom is -0.449 e. The minimum absolute atomic E-state index is 0.251. The topological polar surface area (TPSA) is 29.5 Å². The molecule has 0 radical (unpaired) electrons. The van der Waals surface area contributed by atoms with E-state index < -0.39 is 0 Å². The Hall–Kier alpha value is -1.58. The van der Waals surface area contributed by atoms with Crippen molar-refractivity contribution in [2.24, 2.45) is 0 Å². The van der Waals surface area contributed by atoms with E-state index in [0.29, 0.717) is 13.0 Å². The standard InChI is InChI=1S/C13H16FNO2/c14-12-5-3-4-11(10-12)6-9-17-13(16)15-7-1-2-8-15/h3-5,10H,1-2,6-9H2. The van der Waals surface area contributed by atoms with Crippen molar-refractivity contribution in [1.82, 2.24) is 4.90 Å². The van der Waals surface area contributed by atoms with Gasteiger partial charge in [-0.2, -0.15) is 0 Å². The Bertz CT molecular complexity index is 389. The van der Waals surface area contributed by atoms with Gasteiger partial charge in [0.2, 0.25) is 0 Å². The molecule has 1 heterocycles. The van der Waals surface area contributed by atoms with Gasteiger partial charge in [-0.05, 0) is 30.5 Å². The van der Waals surface area contributed by atoms with E-state index in [1.54, 1.807) is 11.0 Å². The molecule has 1 amide bonds. The fourth-order valence-electron chi connectivity index (χ4n) is 1.94. The van der Waals surface area contributed by atoms with E-state index in [1.165, 1.54) is 12.1 Å². The first-order valence-electron chi connectivity index (χ1n) is 5.92. The molecule has 92 valence electrons. The molecular weight excluding hydrogens is 221 g/mol. The highest BCUT2D eigenvalue weighted by Gasteiger charge is 2.18. The van der Waals surface area contributed by atoms with E-state index >= 15 is 0 Å². The van der Waals surface area contributed by atoms with E-state index in [9.17, 15) is 9.18 Å². The van der Waals surface area contributed by atoms with Crippen LogP contribution in [-0.4, -0.2) is 30.7 Å². The van der Waals surface area contributed by atoms with Crippen molar-refractivity contribution in [2.75, 3.05) is 19.7 Å². The van der Waals surface area contributed by atoms with E-state index in [4.69, 9.17) is 4.74 Å². The van der Waals surface area contributed by atoms with E-state index in [0.717, 1.165) is 31.5 Å². The summed E-state index contributed by atoms with van der Waals surface area (Å²) in [6.45, 7) is 1.89. The molecule has 3 nitrogen and oxygen atoms in total. The molecule has 1 aromatic rings. The summed E-state index contributed by atoms with van der Waals surface area (Å²) in [4.78, 5) is 13.2. The number of nitrogens with zero attached hydrogens (tertiary/aromatic N) is 1. The van der Waals surface area contributed by atoms with Crippen molar-refractivity contribution in [3.63, 3.8) is 0 Å². The van der Waals surface area contributed by atoms with Crippen LogP contribution in [0.3, 0.4) is 0 Å². The quantitative estimate of drug-likeness (QED) is 0.808. The van der Waals surface area contributed by atoms with Gasteiger partial charge < -0.3 is 9.64 Å². The number of amides is 1. The van der Waals surface area contributed by atoms with Gasteiger partial charge >= 0.3 is 6.09 Å². The number of rotatable bonds is 3. The SMILES string of the molecule is O=C(OCCc1cccc(F)c1)N1CCCC1. The summed E-state index contributed by atoms with van der Waals surface area (Å²) in [6.07, 6.45) is 2.41. The van der Waals surface area contributed by atoms with Gasteiger partial charge in [0, 0.05) is 19.5 Å². The van der Waals surface area contributed by atoms with E-state index in [2.05, 4.69) is 0 Å². The van der Waals surface area contributed by atoms with E-state index in [1.807, 2.05) is 6.07 Å². The molecule has 0 bridgehead atoms. The predicted molar refractivity (Wildman–Crippen MR) is 62.3 cm³/mol. The lowest BCUT2D eigenvalue weighted by molar-refractivity contribution is 0.112. The van der Waals surface area contributed by atoms with Gasteiger partial charge in [-0.25, -0.2) is 9.18 Å². The van der Waals surface area contributed by atoms with Gasteiger partial charge in [-0.3, -0.25) is 0 Å². The highest BCUT2D eigenvalue weighted by Crippen LogP contribution is 2.09. The first-order chi connectivity index (χ1) is 8.25. The highest BCUT2D eigenvalue weighted by molar-refractivity contribution is 5.67. The highest BCUT2D eigenvalue weighted by atomic mass is 19.1. The molecule has 0 N–H and O–H groups in total. The molecule has 2 rings (SSSR count). The Labute approximate surface area is 100 Å². The number of carbonyl (C=O) groups is 1. The van der Waals surface area contributed by atoms with Gasteiger partial charge in [-0.1, -0.05) is 12.1 Å². The number of ether oxygens (including phenoxy) is 1. The smallest absolute Gasteiger partial charge is 0.409 e. The molecule has 0 aliphatic carbocycles. The Kier molecular flexibility index (Phi) is 3.96. The van der Waals surface area contributed by atoms with Crippen molar-refractivity contribution in [1.29, 1.82) is 0 Å². The summed E-state index contributed by atoms with van der Waals surface area (Å²) in [5.41, 5.74) is 0.847. The lowest BCUT2D eigenvalue weighted by Gasteiger charge is -2.14. The Morgan fingerprint density at radius 2 is 2.12 bits per heavy atom. The molecule has 1 aliphatic heterocycles. The zero-order chi connectivity index (χ0) is 12.1. The zero-order valence-corrected chi connectivity index (χ0v) is 9.69. The molecular formula is C13H16FNO2. The summed E-state index contributed by atoms with van der Waals surface area (Å²) < 4.78 is 18.0. The van der Waals surface area contributed by atoms with Crippen molar-refractivity contribution in [2.45, 2.75) is 19.3 Å². The summed E-state index contributed by atoms with van der Waals surface area (Å²) in [5, 5.41) is 0. The number of hydrogen-bond acceptors (Lipinski definition) is 2. The molecule has 1 saturated heterocycles. The predicted octanol–water partition coefficient (Wildman–Crippen LogP) is 2.60. The van der Waals surface area contributed by atoms with Crippen LogP contribution in [0.5, 0.6) is 0 Å². The van der Waals surface area contributed by atoms with Crippen molar-refractivity contribution >= 4 is 6.09 Å². The molecule has 0 saturated carbocycles. The second-order valence-corrected chi connectivity index (χ2v) is 4.19. The summed E-state index contributed by atoms with van der Waals surface area (Å²) in [6, 6.07) is 6.35. The Morgan fingerprint density at radius 3 is 2.82 bits per heavy atom. The van der Waals surface area contributed by atoms with Crippen LogP contribution in [0.1, 0.15) is 18.4 Å². The van der Waals surface area contributed by atoms with Crippen LogP contribution < -0.4 is 0 Å². The minimum atomic E-state index is -0.256. The molecule has 0 atom stereocenters. The van der Waals surface area contributed by atoms with Crippen molar-refractivity contribution in [3.05, 3.63) is 35.6 Å². The van der Waals surface area contributed by atoms with Crippen LogP contribution >= 0.6 is 0 Å². The number of carbonyl (C=O) groups excluding carboxylic acids is 1.